The lowest BCUT2D eigenvalue weighted by Crippen LogP contribution is -2.15. The molecule has 4 nitrogen and oxygen atoms in total. The molecule has 2 rings (SSSR count). The predicted molar refractivity (Wildman–Crippen MR) is 84.8 cm³/mol. The van der Waals surface area contributed by atoms with Crippen LogP contribution < -0.4 is 0 Å². The van der Waals surface area contributed by atoms with Crippen molar-refractivity contribution in [2.24, 2.45) is 0 Å². The van der Waals surface area contributed by atoms with Crippen molar-refractivity contribution in [2.45, 2.75) is 49.8 Å². The number of aryl methyl sites for hydroxylation is 2. The molecule has 0 radical (unpaired) electrons. The summed E-state index contributed by atoms with van der Waals surface area (Å²) in [6, 6.07) is 8.14. The maximum absolute atomic E-state index is 9.37. The van der Waals surface area contributed by atoms with Gasteiger partial charge in [0.15, 0.2) is 0 Å². The summed E-state index contributed by atoms with van der Waals surface area (Å²) in [6.45, 7) is 3.82. The molecule has 1 aromatic heterocycles. The largest absolute Gasteiger partial charge is 0.245 e. The van der Waals surface area contributed by atoms with Gasteiger partial charge in [-0.15, -0.1) is 0 Å². The average Bonchev–Trinajstić information content (AvgIpc) is 2.50. The van der Waals surface area contributed by atoms with Crippen LogP contribution >= 0.6 is 11.8 Å². The van der Waals surface area contributed by atoms with Crippen molar-refractivity contribution in [3.8, 4) is 18.2 Å². The van der Waals surface area contributed by atoms with Gasteiger partial charge in [0, 0.05) is 10.9 Å². The van der Waals surface area contributed by atoms with Crippen LogP contribution in [0.2, 0.25) is 0 Å². The maximum atomic E-state index is 9.37. The minimum Gasteiger partial charge on any atom is -0.245 e. The summed E-state index contributed by atoms with van der Waals surface area (Å²) in [5.41, 5.74) is 3.52. The van der Waals surface area contributed by atoms with E-state index in [2.05, 4.69) is 11.1 Å². The van der Waals surface area contributed by atoms with Crippen molar-refractivity contribution in [3.05, 3.63) is 34.0 Å². The molecule has 0 bridgehead atoms. The third-order valence-corrected chi connectivity index (χ3v) is 5.10. The van der Waals surface area contributed by atoms with E-state index in [1.165, 1.54) is 11.8 Å². The summed E-state index contributed by atoms with van der Waals surface area (Å²) >= 11 is 1.52. The Hall–Kier alpha value is -2.29. The third-order valence-electron chi connectivity index (χ3n) is 3.77. The fourth-order valence-corrected chi connectivity index (χ4v) is 4.18. The number of hydrogen-bond donors (Lipinski definition) is 0. The highest BCUT2D eigenvalue weighted by Gasteiger charge is 2.25. The highest BCUT2D eigenvalue weighted by molar-refractivity contribution is 8.00. The van der Waals surface area contributed by atoms with Gasteiger partial charge >= 0.3 is 0 Å². The first-order valence-electron chi connectivity index (χ1n) is 7.19. The lowest BCUT2D eigenvalue weighted by molar-refractivity contribution is 0.606. The van der Waals surface area contributed by atoms with Crippen LogP contribution in [-0.2, 0) is 0 Å². The zero-order chi connectivity index (χ0) is 16.1. The van der Waals surface area contributed by atoms with E-state index in [-0.39, 0.29) is 10.8 Å². The van der Waals surface area contributed by atoms with E-state index in [1.54, 1.807) is 0 Å². The van der Waals surface area contributed by atoms with Crippen LogP contribution in [0.15, 0.2) is 22.2 Å². The zero-order valence-corrected chi connectivity index (χ0v) is 13.5. The molecule has 0 aliphatic heterocycles. The van der Waals surface area contributed by atoms with E-state index < -0.39 is 0 Å². The molecule has 0 aromatic carbocycles. The Morgan fingerprint density at radius 3 is 2.59 bits per heavy atom. The van der Waals surface area contributed by atoms with Gasteiger partial charge in [0.1, 0.15) is 28.8 Å². The van der Waals surface area contributed by atoms with Gasteiger partial charge in [-0.25, -0.2) is 4.98 Å². The normalized spacial score (nSPS) is 17.2. The van der Waals surface area contributed by atoms with E-state index in [0.717, 1.165) is 42.5 Å². The molecule has 110 valence electrons. The number of allylic oxidation sites excluding steroid dienone is 1. The summed E-state index contributed by atoms with van der Waals surface area (Å²) in [5.74, 6) is 0. The number of nitrogens with zero attached hydrogens (tertiary/aromatic N) is 4. The summed E-state index contributed by atoms with van der Waals surface area (Å²) < 4.78 is 0. The Labute approximate surface area is 135 Å². The second-order valence-electron chi connectivity index (χ2n) is 5.35. The van der Waals surface area contributed by atoms with Crippen LogP contribution in [0.3, 0.4) is 0 Å². The number of aromatic nitrogens is 1. The number of hydrogen-bond acceptors (Lipinski definition) is 5. The lowest BCUT2D eigenvalue weighted by atomic mass is 9.91. The fourth-order valence-electron chi connectivity index (χ4n) is 2.72. The smallest absolute Gasteiger partial charge is 0.130 e. The molecule has 1 saturated carbocycles. The van der Waals surface area contributed by atoms with Gasteiger partial charge in [0.25, 0.3) is 0 Å². The molecular formula is C17H16N4S. The van der Waals surface area contributed by atoms with Crippen molar-refractivity contribution >= 4 is 11.8 Å². The molecule has 1 unspecified atom stereocenters. The monoisotopic (exact) mass is 308 g/mol. The first kappa shape index (κ1) is 16.1. The van der Waals surface area contributed by atoms with Crippen LogP contribution in [0.1, 0.15) is 42.5 Å². The third kappa shape index (κ3) is 3.30. The summed E-state index contributed by atoms with van der Waals surface area (Å²) in [4.78, 5) is 4.50. The van der Waals surface area contributed by atoms with Crippen molar-refractivity contribution in [1.82, 2.24) is 4.98 Å². The molecule has 1 aliphatic carbocycles. The second kappa shape index (κ2) is 7.12. The molecule has 0 spiro atoms. The fraction of sp³-hybridized carbons (Fsp3) is 0.412. The minimum absolute atomic E-state index is 0.0591. The van der Waals surface area contributed by atoms with Gasteiger partial charge in [-0.3, -0.25) is 0 Å². The molecule has 5 heteroatoms. The minimum atomic E-state index is 0.0591. The number of pyridine rings is 1. The molecular weight excluding hydrogens is 292 g/mol. The predicted octanol–water partition coefficient (Wildman–Crippen LogP) is 3.95. The molecule has 22 heavy (non-hydrogen) atoms. The molecule has 0 amide bonds. The molecule has 1 atom stereocenters. The Morgan fingerprint density at radius 2 is 1.95 bits per heavy atom. The van der Waals surface area contributed by atoms with Gasteiger partial charge in [-0.05, 0) is 50.3 Å². The van der Waals surface area contributed by atoms with E-state index in [0.29, 0.717) is 10.6 Å². The van der Waals surface area contributed by atoms with E-state index >= 15 is 0 Å². The second-order valence-corrected chi connectivity index (χ2v) is 6.54. The van der Waals surface area contributed by atoms with Crippen LogP contribution in [-0.4, -0.2) is 10.2 Å². The summed E-state index contributed by atoms with van der Waals surface area (Å²) in [6.07, 6.45) is 3.76. The van der Waals surface area contributed by atoms with Gasteiger partial charge in [-0.2, -0.15) is 15.8 Å². The number of rotatable bonds is 2. The highest BCUT2D eigenvalue weighted by atomic mass is 32.2. The molecule has 0 saturated heterocycles. The van der Waals surface area contributed by atoms with Crippen LogP contribution in [0, 0.1) is 47.8 Å². The lowest BCUT2D eigenvalue weighted by Gasteiger charge is -2.25. The highest BCUT2D eigenvalue weighted by Crippen LogP contribution is 2.39. The van der Waals surface area contributed by atoms with Crippen LogP contribution in [0.4, 0.5) is 0 Å². The van der Waals surface area contributed by atoms with Crippen molar-refractivity contribution in [3.63, 3.8) is 0 Å². The zero-order valence-electron chi connectivity index (χ0n) is 12.7. The first-order chi connectivity index (χ1) is 10.6. The van der Waals surface area contributed by atoms with Gasteiger partial charge in [0.2, 0.25) is 0 Å². The first-order valence-corrected chi connectivity index (χ1v) is 8.07. The average molecular weight is 308 g/mol. The molecule has 0 N–H and O–H groups in total. The van der Waals surface area contributed by atoms with E-state index in [9.17, 15) is 5.26 Å². The summed E-state index contributed by atoms with van der Waals surface area (Å²) in [5, 5.41) is 28.4. The van der Waals surface area contributed by atoms with Crippen molar-refractivity contribution in [2.75, 3.05) is 0 Å². The van der Waals surface area contributed by atoms with Crippen molar-refractivity contribution in [1.29, 1.82) is 15.8 Å². The Kier molecular flexibility index (Phi) is 5.21. The number of thioether (sulfide) groups is 1. The van der Waals surface area contributed by atoms with Crippen LogP contribution in [0.5, 0.6) is 0 Å². The maximum Gasteiger partial charge on any atom is 0.130 e. The molecule has 1 aromatic rings. The molecule has 1 heterocycles. The summed E-state index contributed by atoms with van der Waals surface area (Å²) in [7, 11) is 0. The standard InChI is InChI=1S/C17H16N4S/c1-11-7-12(2)21-17(15(11)10-20)22-16-6-4-3-5-14(16)13(8-18)9-19/h7,16H,3-6H2,1-2H3. The van der Waals surface area contributed by atoms with Gasteiger partial charge in [0.05, 0.1) is 5.56 Å². The quantitative estimate of drug-likeness (QED) is 0.772. The Balaban J connectivity index is 2.42. The Bertz CT molecular complexity index is 728. The molecule has 1 fully saturated rings. The number of nitriles is 3. The van der Waals surface area contributed by atoms with Crippen LogP contribution in [0.25, 0.3) is 0 Å². The Morgan fingerprint density at radius 1 is 1.23 bits per heavy atom. The topological polar surface area (TPSA) is 84.3 Å². The van der Waals surface area contributed by atoms with E-state index in [1.807, 2.05) is 32.1 Å². The molecule has 1 aliphatic rings. The SMILES string of the molecule is Cc1cc(C)c(C#N)c(SC2CCCCC2=C(C#N)C#N)n1. The van der Waals surface area contributed by atoms with Gasteiger partial charge in [-0.1, -0.05) is 18.2 Å². The van der Waals surface area contributed by atoms with Gasteiger partial charge < -0.3 is 0 Å². The van der Waals surface area contributed by atoms with Crippen molar-refractivity contribution < 1.29 is 0 Å². The van der Waals surface area contributed by atoms with E-state index in [4.69, 9.17) is 10.5 Å².